The minimum atomic E-state index is 0.227. The maximum absolute atomic E-state index is 10.8. The molecule has 0 fully saturated rings. The van der Waals surface area contributed by atoms with Gasteiger partial charge in [0.1, 0.15) is 0 Å². The topological polar surface area (TPSA) is 30.0 Å². The summed E-state index contributed by atoms with van der Waals surface area (Å²) in [5.41, 5.74) is 1.26. The lowest BCUT2D eigenvalue weighted by molar-refractivity contribution is 0.112. The number of halogens is 4. The lowest BCUT2D eigenvalue weighted by Crippen LogP contribution is -1.91. The summed E-state index contributed by atoms with van der Waals surface area (Å²) in [7, 11) is 0. The molecule has 92 valence electrons. The molecule has 0 N–H and O–H groups in total. The normalized spacial score (nSPS) is 10.4. The van der Waals surface area contributed by atoms with E-state index in [2.05, 4.69) is 4.98 Å². The van der Waals surface area contributed by atoms with E-state index in [9.17, 15) is 4.79 Å². The zero-order valence-corrected chi connectivity index (χ0v) is 11.8. The monoisotopic (exact) mass is 319 g/mol. The minimum absolute atomic E-state index is 0.227. The van der Waals surface area contributed by atoms with Gasteiger partial charge in [-0.1, -0.05) is 46.4 Å². The zero-order valence-electron chi connectivity index (χ0n) is 8.75. The quantitative estimate of drug-likeness (QED) is 0.564. The van der Waals surface area contributed by atoms with E-state index in [1.807, 2.05) is 0 Å². The van der Waals surface area contributed by atoms with Crippen LogP contribution in [-0.4, -0.2) is 11.3 Å². The second kappa shape index (κ2) is 5.45. The van der Waals surface area contributed by atoms with Crippen LogP contribution >= 0.6 is 46.4 Å². The molecular formula is C12H5Cl4NO. The molecule has 6 heteroatoms. The average molecular weight is 321 g/mol. The van der Waals surface area contributed by atoms with Gasteiger partial charge in [-0.15, -0.1) is 0 Å². The SMILES string of the molecule is O=Cc1ccnc(-c2ccc(Cl)c(Cl)c2Cl)c1Cl. The van der Waals surface area contributed by atoms with Gasteiger partial charge in [0.2, 0.25) is 0 Å². The highest BCUT2D eigenvalue weighted by Crippen LogP contribution is 2.39. The lowest BCUT2D eigenvalue weighted by atomic mass is 10.1. The van der Waals surface area contributed by atoms with Gasteiger partial charge < -0.3 is 0 Å². The summed E-state index contributed by atoms with van der Waals surface area (Å²) in [4.78, 5) is 14.9. The summed E-state index contributed by atoms with van der Waals surface area (Å²) in [6.45, 7) is 0. The molecule has 2 nitrogen and oxygen atoms in total. The smallest absolute Gasteiger partial charge is 0.151 e. The van der Waals surface area contributed by atoms with Crippen molar-refractivity contribution in [1.82, 2.24) is 4.98 Å². The van der Waals surface area contributed by atoms with Crippen molar-refractivity contribution in [2.24, 2.45) is 0 Å². The van der Waals surface area contributed by atoms with Gasteiger partial charge in [0.25, 0.3) is 0 Å². The largest absolute Gasteiger partial charge is 0.298 e. The minimum Gasteiger partial charge on any atom is -0.298 e. The fourth-order valence-electron chi connectivity index (χ4n) is 1.45. The lowest BCUT2D eigenvalue weighted by Gasteiger charge is -2.09. The number of nitrogens with zero attached hydrogens (tertiary/aromatic N) is 1. The maximum atomic E-state index is 10.8. The number of aldehydes is 1. The van der Waals surface area contributed by atoms with E-state index >= 15 is 0 Å². The van der Waals surface area contributed by atoms with Crippen LogP contribution in [0.1, 0.15) is 10.4 Å². The Bertz CT molecular complexity index is 628. The van der Waals surface area contributed by atoms with Gasteiger partial charge in [0, 0.05) is 17.3 Å². The van der Waals surface area contributed by atoms with Crippen molar-refractivity contribution >= 4 is 52.7 Å². The van der Waals surface area contributed by atoms with Crippen LogP contribution in [0.4, 0.5) is 0 Å². The van der Waals surface area contributed by atoms with Crippen molar-refractivity contribution in [1.29, 1.82) is 0 Å². The van der Waals surface area contributed by atoms with Crippen molar-refractivity contribution in [3.63, 3.8) is 0 Å². The number of hydrogen-bond acceptors (Lipinski definition) is 2. The molecule has 1 heterocycles. The van der Waals surface area contributed by atoms with E-state index in [0.717, 1.165) is 0 Å². The molecule has 1 aromatic heterocycles. The molecule has 0 spiro atoms. The van der Waals surface area contributed by atoms with Crippen LogP contribution in [0.25, 0.3) is 11.3 Å². The summed E-state index contributed by atoms with van der Waals surface area (Å²) in [5.74, 6) is 0. The van der Waals surface area contributed by atoms with Crippen LogP contribution in [0.5, 0.6) is 0 Å². The van der Waals surface area contributed by atoms with E-state index in [4.69, 9.17) is 46.4 Å². The molecule has 0 unspecified atom stereocenters. The van der Waals surface area contributed by atoms with Crippen LogP contribution in [0, 0.1) is 0 Å². The van der Waals surface area contributed by atoms with E-state index in [1.165, 1.54) is 12.3 Å². The average Bonchev–Trinajstić information content (AvgIpc) is 2.37. The second-order valence-electron chi connectivity index (χ2n) is 3.40. The zero-order chi connectivity index (χ0) is 13.3. The van der Waals surface area contributed by atoms with Crippen LogP contribution in [0.3, 0.4) is 0 Å². The molecule has 2 aromatic rings. The number of carbonyl (C=O) groups excluding carboxylic acids is 1. The Morgan fingerprint density at radius 3 is 2.33 bits per heavy atom. The Labute approximate surface area is 123 Å². The first kappa shape index (κ1) is 13.6. The molecule has 0 bridgehead atoms. The van der Waals surface area contributed by atoms with Gasteiger partial charge in [-0.25, -0.2) is 0 Å². The predicted molar refractivity (Wildman–Crippen MR) is 75.1 cm³/mol. The molecule has 0 aliphatic carbocycles. The van der Waals surface area contributed by atoms with Crippen LogP contribution < -0.4 is 0 Å². The summed E-state index contributed by atoms with van der Waals surface area (Å²) in [5, 5.41) is 1.05. The van der Waals surface area contributed by atoms with Crippen molar-refractivity contribution < 1.29 is 4.79 Å². The standard InChI is InChI=1S/C12H5Cl4NO/c13-8-2-1-7(10(15)11(8)16)12-9(14)6(5-18)3-4-17-12/h1-5H. The van der Waals surface area contributed by atoms with Gasteiger partial charge in [-0.3, -0.25) is 9.78 Å². The van der Waals surface area contributed by atoms with E-state index in [0.29, 0.717) is 28.1 Å². The third-order valence-corrected chi connectivity index (χ3v) is 4.03. The van der Waals surface area contributed by atoms with Gasteiger partial charge in [0.15, 0.2) is 6.29 Å². The van der Waals surface area contributed by atoms with Gasteiger partial charge >= 0.3 is 0 Å². The highest BCUT2D eigenvalue weighted by Gasteiger charge is 2.15. The van der Waals surface area contributed by atoms with E-state index < -0.39 is 0 Å². The number of aromatic nitrogens is 1. The fraction of sp³-hybridized carbons (Fsp3) is 0. The molecule has 0 radical (unpaired) electrons. The summed E-state index contributed by atoms with van der Waals surface area (Å²) in [6.07, 6.45) is 2.13. The molecule has 0 saturated heterocycles. The molecule has 1 aromatic carbocycles. The van der Waals surface area contributed by atoms with Crippen molar-refractivity contribution in [2.75, 3.05) is 0 Å². The van der Waals surface area contributed by atoms with Crippen molar-refractivity contribution in [2.45, 2.75) is 0 Å². The van der Waals surface area contributed by atoms with Gasteiger partial charge in [0.05, 0.1) is 25.8 Å². The van der Waals surface area contributed by atoms with Crippen LogP contribution in [-0.2, 0) is 0 Å². The van der Waals surface area contributed by atoms with Crippen LogP contribution in [0.2, 0.25) is 20.1 Å². The molecule has 0 saturated carbocycles. The first-order valence-corrected chi connectivity index (χ1v) is 6.31. The maximum Gasteiger partial charge on any atom is 0.151 e. The summed E-state index contributed by atoms with van der Waals surface area (Å²) < 4.78 is 0. The third-order valence-electron chi connectivity index (χ3n) is 2.34. The predicted octanol–water partition coefficient (Wildman–Crippen LogP) is 5.17. The second-order valence-corrected chi connectivity index (χ2v) is 4.94. The fourth-order valence-corrected chi connectivity index (χ4v) is 2.33. The summed E-state index contributed by atoms with van der Waals surface area (Å²) in [6, 6.07) is 4.76. The van der Waals surface area contributed by atoms with Crippen LogP contribution in [0.15, 0.2) is 24.4 Å². The third kappa shape index (κ3) is 2.34. The Hall–Kier alpha value is -0.800. The Kier molecular flexibility index (Phi) is 4.13. The molecule has 0 aliphatic rings. The van der Waals surface area contributed by atoms with Crippen molar-refractivity contribution in [3.05, 3.63) is 50.0 Å². The Morgan fingerprint density at radius 2 is 1.67 bits per heavy atom. The van der Waals surface area contributed by atoms with Gasteiger partial charge in [-0.05, 0) is 18.2 Å². The molecule has 0 amide bonds. The molecule has 0 atom stereocenters. The Morgan fingerprint density at radius 1 is 0.944 bits per heavy atom. The highest BCUT2D eigenvalue weighted by atomic mass is 35.5. The number of carbonyl (C=O) groups is 1. The van der Waals surface area contributed by atoms with Crippen molar-refractivity contribution in [3.8, 4) is 11.3 Å². The first-order valence-electron chi connectivity index (χ1n) is 4.79. The summed E-state index contributed by atoms with van der Waals surface area (Å²) >= 11 is 24.0. The number of rotatable bonds is 2. The number of hydrogen-bond donors (Lipinski definition) is 0. The Balaban J connectivity index is 2.70. The first-order chi connectivity index (χ1) is 8.56. The number of pyridine rings is 1. The molecular weight excluding hydrogens is 316 g/mol. The number of benzene rings is 1. The van der Waals surface area contributed by atoms with E-state index in [-0.39, 0.29) is 15.1 Å². The molecule has 18 heavy (non-hydrogen) atoms. The highest BCUT2D eigenvalue weighted by molar-refractivity contribution is 6.49. The molecule has 2 rings (SSSR count). The van der Waals surface area contributed by atoms with Gasteiger partial charge in [-0.2, -0.15) is 0 Å². The molecule has 0 aliphatic heterocycles. The van der Waals surface area contributed by atoms with E-state index in [1.54, 1.807) is 12.1 Å².